The fourth-order valence-electron chi connectivity index (χ4n) is 3.76. The third-order valence-corrected chi connectivity index (χ3v) is 5.21. The molecule has 0 aliphatic rings. The molecule has 0 radical (unpaired) electrons. The summed E-state index contributed by atoms with van der Waals surface area (Å²) in [6.45, 7) is 3.06. The van der Waals surface area contributed by atoms with Gasteiger partial charge in [0.2, 0.25) is 0 Å². The molecule has 0 aliphatic carbocycles. The highest BCUT2D eigenvalue weighted by molar-refractivity contribution is 5.92. The molecule has 2 N–H and O–H groups in total. The molecule has 3 aromatic carbocycles. The van der Waals surface area contributed by atoms with E-state index < -0.39 is 0 Å². The van der Waals surface area contributed by atoms with E-state index in [1.165, 1.54) is 0 Å². The van der Waals surface area contributed by atoms with E-state index in [1.807, 2.05) is 49.4 Å². The molecule has 1 aromatic heterocycles. The van der Waals surface area contributed by atoms with Gasteiger partial charge in [0.15, 0.2) is 0 Å². The molecule has 0 unspecified atom stereocenters. The van der Waals surface area contributed by atoms with Crippen molar-refractivity contribution in [2.45, 2.75) is 19.9 Å². The molecule has 4 aromatic rings. The minimum Gasteiger partial charge on any atom is -0.508 e. The molecule has 0 aliphatic heterocycles. The summed E-state index contributed by atoms with van der Waals surface area (Å²) < 4.78 is 7.77. The quantitative estimate of drug-likeness (QED) is 0.336. The van der Waals surface area contributed by atoms with E-state index in [2.05, 4.69) is 4.57 Å². The van der Waals surface area contributed by atoms with Crippen molar-refractivity contribution in [2.75, 3.05) is 6.61 Å². The summed E-state index contributed by atoms with van der Waals surface area (Å²) in [5.74, 6) is 1.19. The summed E-state index contributed by atoms with van der Waals surface area (Å²) in [6, 6.07) is 20.4. The molecule has 0 fully saturated rings. The van der Waals surface area contributed by atoms with Crippen LogP contribution in [-0.4, -0.2) is 27.7 Å². The first kappa shape index (κ1) is 19.6. The van der Waals surface area contributed by atoms with Crippen molar-refractivity contribution in [1.82, 2.24) is 4.57 Å². The third-order valence-electron chi connectivity index (χ3n) is 5.21. The molecule has 5 heteroatoms. The normalized spacial score (nSPS) is 11.0. The van der Waals surface area contributed by atoms with Crippen LogP contribution in [-0.2, 0) is 11.3 Å². The van der Waals surface area contributed by atoms with Gasteiger partial charge in [-0.25, -0.2) is 0 Å². The van der Waals surface area contributed by atoms with Crippen molar-refractivity contribution in [3.05, 3.63) is 77.9 Å². The second-order valence-electron chi connectivity index (χ2n) is 7.26. The Bertz CT molecular complexity index is 1170. The number of aromatic nitrogens is 1. The molecule has 1 heterocycles. The Morgan fingerprint density at radius 2 is 1.63 bits per heavy atom. The largest absolute Gasteiger partial charge is 0.508 e. The smallest absolute Gasteiger partial charge is 0.123 e. The summed E-state index contributed by atoms with van der Waals surface area (Å²) in [7, 11) is 0. The van der Waals surface area contributed by atoms with Gasteiger partial charge in [-0.05, 0) is 78.2 Å². The van der Waals surface area contributed by atoms with E-state index >= 15 is 0 Å². The van der Waals surface area contributed by atoms with Crippen LogP contribution < -0.4 is 4.74 Å². The van der Waals surface area contributed by atoms with Gasteiger partial charge in [0.05, 0.1) is 12.3 Å². The molecule has 30 heavy (non-hydrogen) atoms. The first-order valence-corrected chi connectivity index (χ1v) is 9.83. The summed E-state index contributed by atoms with van der Waals surface area (Å²) in [5.41, 5.74) is 5.24. The minimum absolute atomic E-state index is 0.224. The maximum absolute atomic E-state index is 10.4. The molecular formula is C25H23NO4. The number of hydrogen-bond acceptors (Lipinski definition) is 4. The van der Waals surface area contributed by atoms with Gasteiger partial charge in [-0.2, -0.15) is 0 Å². The number of aromatic hydroxyl groups is 2. The number of carbonyl (C=O) groups excluding carboxylic acids is 1. The Morgan fingerprint density at radius 3 is 2.33 bits per heavy atom. The molecule has 152 valence electrons. The summed E-state index contributed by atoms with van der Waals surface area (Å²) in [5, 5.41) is 20.7. The first-order valence-electron chi connectivity index (χ1n) is 9.83. The molecule has 0 atom stereocenters. The highest BCUT2D eigenvalue weighted by Crippen LogP contribution is 2.36. The molecule has 0 saturated heterocycles. The van der Waals surface area contributed by atoms with Crippen molar-refractivity contribution in [3.63, 3.8) is 0 Å². The number of aryl methyl sites for hydroxylation is 1. The van der Waals surface area contributed by atoms with Gasteiger partial charge in [-0.15, -0.1) is 0 Å². The number of phenols is 2. The Hall–Kier alpha value is -3.73. The molecular weight excluding hydrogens is 378 g/mol. The Labute approximate surface area is 174 Å². The summed E-state index contributed by atoms with van der Waals surface area (Å²) in [6.07, 6.45) is 1.22. The molecule has 0 bridgehead atoms. The minimum atomic E-state index is 0.224. The highest BCUT2D eigenvalue weighted by Gasteiger charge is 2.17. The second kappa shape index (κ2) is 8.33. The van der Waals surface area contributed by atoms with E-state index in [0.717, 1.165) is 45.3 Å². The number of phenolic OH excluding ortho intramolecular Hbond substituents is 2. The zero-order valence-electron chi connectivity index (χ0n) is 16.7. The van der Waals surface area contributed by atoms with Crippen molar-refractivity contribution < 1.29 is 19.7 Å². The van der Waals surface area contributed by atoms with Crippen LogP contribution in [0.3, 0.4) is 0 Å². The van der Waals surface area contributed by atoms with E-state index in [0.29, 0.717) is 19.6 Å². The van der Waals surface area contributed by atoms with Crippen LogP contribution in [0, 0.1) is 6.92 Å². The lowest BCUT2D eigenvalue weighted by Crippen LogP contribution is -2.03. The van der Waals surface area contributed by atoms with Gasteiger partial charge in [0.25, 0.3) is 0 Å². The predicted molar refractivity (Wildman–Crippen MR) is 117 cm³/mol. The van der Waals surface area contributed by atoms with Gasteiger partial charge in [-0.3, -0.25) is 0 Å². The standard InChI is InChI=1S/C25H23NO4/c1-17-23-15-21(29)9-12-24(23)26(25(17)19-5-7-20(28)8-6-19)16-18-3-10-22(11-4-18)30-14-2-13-27/h3-13,15,28-29H,2,14,16H2,1H3. The lowest BCUT2D eigenvalue weighted by atomic mass is 10.1. The van der Waals surface area contributed by atoms with Crippen LogP contribution in [0.4, 0.5) is 0 Å². The number of fused-ring (bicyclic) bond motifs is 1. The fraction of sp³-hybridized carbons (Fsp3) is 0.160. The zero-order chi connectivity index (χ0) is 21.1. The van der Waals surface area contributed by atoms with E-state index in [4.69, 9.17) is 4.74 Å². The van der Waals surface area contributed by atoms with Crippen LogP contribution in [0.2, 0.25) is 0 Å². The van der Waals surface area contributed by atoms with E-state index in [1.54, 1.807) is 24.3 Å². The van der Waals surface area contributed by atoms with Crippen molar-refractivity contribution in [2.24, 2.45) is 0 Å². The second-order valence-corrected chi connectivity index (χ2v) is 7.26. The van der Waals surface area contributed by atoms with Gasteiger partial charge < -0.3 is 24.3 Å². The number of carbonyl (C=O) groups is 1. The topological polar surface area (TPSA) is 71.7 Å². The number of rotatable bonds is 7. The number of aldehydes is 1. The Kier molecular flexibility index (Phi) is 5.44. The number of hydrogen-bond donors (Lipinski definition) is 2. The summed E-state index contributed by atoms with van der Waals surface area (Å²) in [4.78, 5) is 10.4. The lowest BCUT2D eigenvalue weighted by Gasteiger charge is -2.13. The van der Waals surface area contributed by atoms with Gasteiger partial charge in [0, 0.05) is 23.9 Å². The van der Waals surface area contributed by atoms with Gasteiger partial charge >= 0.3 is 0 Å². The molecule has 0 amide bonds. The zero-order valence-corrected chi connectivity index (χ0v) is 16.7. The molecule has 4 rings (SSSR count). The molecule has 0 spiro atoms. The average Bonchev–Trinajstić information content (AvgIpc) is 3.01. The monoisotopic (exact) mass is 401 g/mol. The van der Waals surface area contributed by atoms with E-state index in [9.17, 15) is 15.0 Å². The van der Waals surface area contributed by atoms with Crippen molar-refractivity contribution in [1.29, 1.82) is 0 Å². The van der Waals surface area contributed by atoms with Crippen LogP contribution >= 0.6 is 0 Å². The van der Waals surface area contributed by atoms with Crippen LogP contribution in [0.15, 0.2) is 66.7 Å². The molecule has 0 saturated carbocycles. The van der Waals surface area contributed by atoms with Gasteiger partial charge in [-0.1, -0.05) is 12.1 Å². The Morgan fingerprint density at radius 1 is 0.933 bits per heavy atom. The van der Waals surface area contributed by atoms with Crippen LogP contribution in [0.5, 0.6) is 17.2 Å². The maximum Gasteiger partial charge on any atom is 0.123 e. The van der Waals surface area contributed by atoms with Crippen molar-refractivity contribution in [3.8, 4) is 28.5 Å². The Balaban J connectivity index is 1.74. The third kappa shape index (κ3) is 3.87. The first-order chi connectivity index (χ1) is 14.6. The lowest BCUT2D eigenvalue weighted by molar-refractivity contribution is -0.108. The molecule has 5 nitrogen and oxygen atoms in total. The maximum atomic E-state index is 10.4. The summed E-state index contributed by atoms with van der Waals surface area (Å²) >= 11 is 0. The highest BCUT2D eigenvalue weighted by atomic mass is 16.5. The fourth-order valence-corrected chi connectivity index (χ4v) is 3.76. The number of nitrogens with zero attached hydrogens (tertiary/aromatic N) is 1. The SMILES string of the molecule is Cc1c(-c2ccc(O)cc2)n(Cc2ccc(OCCC=O)cc2)c2ccc(O)cc12. The number of benzene rings is 3. The van der Waals surface area contributed by atoms with Crippen molar-refractivity contribution >= 4 is 17.2 Å². The number of ether oxygens (including phenoxy) is 1. The van der Waals surface area contributed by atoms with Crippen LogP contribution in [0.25, 0.3) is 22.2 Å². The van der Waals surface area contributed by atoms with Crippen LogP contribution in [0.1, 0.15) is 17.5 Å². The predicted octanol–water partition coefficient (Wildman–Crippen LogP) is 5.04. The van der Waals surface area contributed by atoms with Gasteiger partial charge in [0.1, 0.15) is 23.5 Å². The average molecular weight is 401 g/mol. The van der Waals surface area contributed by atoms with E-state index in [-0.39, 0.29) is 11.5 Å².